The molecule has 9 heteroatoms. The molecule has 0 bridgehead atoms. The molecule has 9 nitrogen and oxygen atoms in total. The normalized spacial score (nSPS) is 10.9. The molecule has 2 heterocycles. The number of hydrogen-bond acceptors (Lipinski definition) is 7. The quantitative estimate of drug-likeness (QED) is 0.735. The molecule has 0 aliphatic heterocycles. The minimum absolute atomic E-state index is 0.0193. The minimum Gasteiger partial charge on any atom is -0.476 e. The zero-order valence-electron chi connectivity index (χ0n) is 11.1. The number of unbranched alkanes of at least 4 members (excludes halogenated alkanes) is 1. The second kappa shape index (κ2) is 6.24. The number of rotatable bonds is 7. The van der Waals surface area contributed by atoms with Gasteiger partial charge in [-0.05, 0) is 6.42 Å². The van der Waals surface area contributed by atoms with Crippen molar-refractivity contribution in [3.63, 3.8) is 0 Å². The third-order valence-corrected chi connectivity index (χ3v) is 2.78. The van der Waals surface area contributed by atoms with Crippen molar-refractivity contribution in [3.8, 4) is 0 Å². The van der Waals surface area contributed by atoms with Crippen molar-refractivity contribution in [2.75, 3.05) is 0 Å². The molecule has 0 saturated heterocycles. The van der Waals surface area contributed by atoms with Crippen LogP contribution in [0.2, 0.25) is 0 Å². The zero-order chi connectivity index (χ0) is 14.5. The lowest BCUT2D eigenvalue weighted by molar-refractivity contribution is 0.0689. The van der Waals surface area contributed by atoms with Crippen molar-refractivity contribution in [3.05, 3.63) is 23.1 Å². The Hall–Kier alpha value is -2.29. The van der Waals surface area contributed by atoms with Crippen LogP contribution in [0.25, 0.3) is 0 Å². The molecule has 0 aliphatic carbocycles. The van der Waals surface area contributed by atoms with E-state index in [1.165, 1.54) is 4.68 Å². The Morgan fingerprint density at radius 1 is 1.50 bits per heavy atom. The maximum absolute atomic E-state index is 10.9. The van der Waals surface area contributed by atoms with Gasteiger partial charge in [0.25, 0.3) is 0 Å². The standard InChI is InChI=1S/C11H16N6O3/c1-2-3-4-8-13-9(20-15-8)6-17-7(5-12)10(11(18)19)14-16-17/h2-6,12H2,1H3,(H,18,19). The first-order valence-electron chi connectivity index (χ1n) is 6.32. The fourth-order valence-corrected chi connectivity index (χ4v) is 1.75. The van der Waals surface area contributed by atoms with Crippen molar-refractivity contribution >= 4 is 5.97 Å². The van der Waals surface area contributed by atoms with Gasteiger partial charge in [0.1, 0.15) is 6.54 Å². The Labute approximate surface area is 114 Å². The fourth-order valence-electron chi connectivity index (χ4n) is 1.75. The summed E-state index contributed by atoms with van der Waals surface area (Å²) in [5.41, 5.74) is 5.70. The summed E-state index contributed by atoms with van der Waals surface area (Å²) in [5.74, 6) is -0.173. The second-order valence-electron chi connectivity index (χ2n) is 4.26. The molecule has 0 aliphatic rings. The highest BCUT2D eigenvalue weighted by Crippen LogP contribution is 2.08. The van der Waals surface area contributed by atoms with Gasteiger partial charge in [-0.2, -0.15) is 4.98 Å². The third-order valence-electron chi connectivity index (χ3n) is 2.78. The van der Waals surface area contributed by atoms with E-state index in [1.807, 2.05) is 0 Å². The molecule has 108 valence electrons. The molecule has 20 heavy (non-hydrogen) atoms. The van der Waals surface area contributed by atoms with E-state index in [0.717, 1.165) is 19.3 Å². The first kappa shape index (κ1) is 14.1. The molecular weight excluding hydrogens is 264 g/mol. The molecule has 3 N–H and O–H groups in total. The summed E-state index contributed by atoms with van der Waals surface area (Å²) >= 11 is 0. The van der Waals surface area contributed by atoms with Crippen LogP contribution in [0.5, 0.6) is 0 Å². The topological polar surface area (TPSA) is 133 Å². The van der Waals surface area contributed by atoms with Crippen LogP contribution in [0, 0.1) is 0 Å². The predicted octanol–water partition coefficient (Wildman–Crippen LogP) is 0.209. The number of aromatic nitrogens is 5. The van der Waals surface area contributed by atoms with Crippen LogP contribution in [0.15, 0.2) is 4.52 Å². The number of carboxylic acid groups (broad SMARTS) is 1. The average molecular weight is 280 g/mol. The second-order valence-corrected chi connectivity index (χ2v) is 4.26. The number of aryl methyl sites for hydroxylation is 1. The van der Waals surface area contributed by atoms with E-state index < -0.39 is 5.97 Å². The summed E-state index contributed by atoms with van der Waals surface area (Å²) in [4.78, 5) is 15.2. The van der Waals surface area contributed by atoms with Crippen LogP contribution in [-0.4, -0.2) is 36.2 Å². The Morgan fingerprint density at radius 2 is 2.30 bits per heavy atom. The Bertz CT molecular complexity index is 591. The molecule has 0 aromatic carbocycles. The molecule has 0 spiro atoms. The number of nitrogens with two attached hydrogens (primary N) is 1. The van der Waals surface area contributed by atoms with E-state index in [4.69, 9.17) is 15.4 Å². The van der Waals surface area contributed by atoms with Gasteiger partial charge in [0.05, 0.1) is 5.69 Å². The molecule has 0 saturated carbocycles. The molecule has 0 fully saturated rings. The molecule has 0 atom stereocenters. The van der Waals surface area contributed by atoms with Gasteiger partial charge >= 0.3 is 5.97 Å². The highest BCUT2D eigenvalue weighted by Gasteiger charge is 2.19. The van der Waals surface area contributed by atoms with E-state index in [1.54, 1.807) is 0 Å². The van der Waals surface area contributed by atoms with E-state index in [-0.39, 0.29) is 18.8 Å². The first-order chi connectivity index (χ1) is 9.65. The lowest BCUT2D eigenvalue weighted by Gasteiger charge is -2.00. The highest BCUT2D eigenvalue weighted by atomic mass is 16.5. The van der Waals surface area contributed by atoms with Crippen molar-refractivity contribution in [1.82, 2.24) is 25.1 Å². The van der Waals surface area contributed by atoms with Crippen molar-refractivity contribution in [2.45, 2.75) is 39.3 Å². The van der Waals surface area contributed by atoms with Gasteiger partial charge in [0.15, 0.2) is 11.5 Å². The van der Waals surface area contributed by atoms with Gasteiger partial charge in [-0.1, -0.05) is 23.7 Å². The average Bonchev–Trinajstić information content (AvgIpc) is 3.03. The molecule has 0 unspecified atom stereocenters. The number of carbonyl (C=O) groups is 1. The highest BCUT2D eigenvalue weighted by molar-refractivity contribution is 5.86. The minimum atomic E-state index is -1.16. The van der Waals surface area contributed by atoms with Crippen molar-refractivity contribution < 1.29 is 14.4 Å². The van der Waals surface area contributed by atoms with Gasteiger partial charge in [-0.25, -0.2) is 9.48 Å². The fraction of sp³-hybridized carbons (Fsp3) is 0.545. The third kappa shape index (κ3) is 2.99. The summed E-state index contributed by atoms with van der Waals surface area (Å²) < 4.78 is 6.46. The Balaban J connectivity index is 2.13. The summed E-state index contributed by atoms with van der Waals surface area (Å²) in [6.45, 7) is 2.26. The van der Waals surface area contributed by atoms with Crippen molar-refractivity contribution in [1.29, 1.82) is 0 Å². The summed E-state index contributed by atoms with van der Waals surface area (Å²) in [7, 11) is 0. The van der Waals surface area contributed by atoms with E-state index in [0.29, 0.717) is 17.4 Å². The van der Waals surface area contributed by atoms with Crippen LogP contribution < -0.4 is 5.73 Å². The summed E-state index contributed by atoms with van der Waals surface area (Å²) in [6.07, 6.45) is 2.78. The lowest BCUT2D eigenvalue weighted by atomic mass is 10.2. The van der Waals surface area contributed by atoms with Crippen LogP contribution in [0.4, 0.5) is 0 Å². The number of hydrogen-bond donors (Lipinski definition) is 2. The van der Waals surface area contributed by atoms with Gasteiger partial charge in [0.2, 0.25) is 5.89 Å². The number of nitrogens with zero attached hydrogens (tertiary/aromatic N) is 5. The van der Waals surface area contributed by atoms with Crippen LogP contribution >= 0.6 is 0 Å². The maximum Gasteiger partial charge on any atom is 0.358 e. The predicted molar refractivity (Wildman–Crippen MR) is 66.9 cm³/mol. The van der Waals surface area contributed by atoms with E-state index in [2.05, 4.69) is 27.4 Å². The molecule has 2 rings (SSSR count). The zero-order valence-corrected chi connectivity index (χ0v) is 11.1. The first-order valence-corrected chi connectivity index (χ1v) is 6.32. The largest absolute Gasteiger partial charge is 0.476 e. The number of aromatic carboxylic acids is 1. The molecule has 0 amide bonds. The van der Waals surface area contributed by atoms with E-state index in [9.17, 15) is 4.79 Å². The van der Waals surface area contributed by atoms with Gasteiger partial charge in [-0.15, -0.1) is 5.10 Å². The lowest BCUT2D eigenvalue weighted by Crippen LogP contribution is -2.13. The monoisotopic (exact) mass is 280 g/mol. The Kier molecular flexibility index (Phi) is 4.41. The summed E-state index contributed by atoms with van der Waals surface area (Å²) in [5, 5.41) is 20.1. The van der Waals surface area contributed by atoms with Crippen LogP contribution in [0.3, 0.4) is 0 Å². The van der Waals surface area contributed by atoms with E-state index >= 15 is 0 Å². The molecular formula is C11H16N6O3. The molecule has 2 aromatic heterocycles. The van der Waals surface area contributed by atoms with Gasteiger partial charge in [-0.3, -0.25) is 0 Å². The maximum atomic E-state index is 10.9. The smallest absolute Gasteiger partial charge is 0.358 e. The molecule has 2 aromatic rings. The van der Waals surface area contributed by atoms with Crippen molar-refractivity contribution in [2.24, 2.45) is 5.73 Å². The SMILES string of the molecule is CCCCc1noc(Cn2nnc(C(=O)O)c2CN)n1. The van der Waals surface area contributed by atoms with Gasteiger partial charge < -0.3 is 15.4 Å². The summed E-state index contributed by atoms with van der Waals surface area (Å²) in [6, 6.07) is 0. The van der Waals surface area contributed by atoms with Gasteiger partial charge in [0, 0.05) is 13.0 Å². The van der Waals surface area contributed by atoms with Crippen LogP contribution in [0.1, 0.15) is 47.7 Å². The Morgan fingerprint density at radius 3 is 2.95 bits per heavy atom. The molecule has 0 radical (unpaired) electrons. The van der Waals surface area contributed by atoms with Crippen LogP contribution in [-0.2, 0) is 19.5 Å². The number of carboxylic acids is 1.